The summed E-state index contributed by atoms with van der Waals surface area (Å²) in [5.41, 5.74) is 1.48. The molecule has 0 saturated carbocycles. The summed E-state index contributed by atoms with van der Waals surface area (Å²) in [7, 11) is -1.38. The first-order chi connectivity index (χ1) is 10.3. The van der Waals surface area contributed by atoms with Gasteiger partial charge < -0.3 is 4.74 Å². The number of ether oxygens (including phenoxy) is 1. The van der Waals surface area contributed by atoms with Crippen molar-refractivity contribution in [3.05, 3.63) is 65.5 Å². The van der Waals surface area contributed by atoms with Gasteiger partial charge in [0, 0.05) is 6.92 Å². The molecule has 0 aliphatic rings. The zero-order valence-electron chi connectivity index (χ0n) is 13.4. The van der Waals surface area contributed by atoms with Crippen LogP contribution in [0, 0.1) is 5.82 Å². The van der Waals surface area contributed by atoms with Crippen molar-refractivity contribution in [3.8, 4) is 0 Å². The fourth-order valence-corrected chi connectivity index (χ4v) is 3.49. The lowest BCUT2D eigenvalue weighted by atomic mass is 10.0. The van der Waals surface area contributed by atoms with Gasteiger partial charge in [0.2, 0.25) is 0 Å². The van der Waals surface area contributed by atoms with Crippen molar-refractivity contribution in [2.75, 3.05) is 0 Å². The molecule has 2 nitrogen and oxygen atoms in total. The normalized spacial score (nSPS) is 12.8. The summed E-state index contributed by atoms with van der Waals surface area (Å²) in [6.45, 7) is 8.19. The van der Waals surface area contributed by atoms with Crippen LogP contribution in [-0.4, -0.2) is 14.0 Å². The molecule has 0 amide bonds. The summed E-state index contributed by atoms with van der Waals surface area (Å²) < 4.78 is 18.9. The van der Waals surface area contributed by atoms with E-state index in [4.69, 9.17) is 4.74 Å². The average molecular weight is 316 g/mol. The topological polar surface area (TPSA) is 26.3 Å². The molecule has 0 aliphatic heterocycles. The van der Waals surface area contributed by atoms with Crippen molar-refractivity contribution >= 4 is 19.2 Å². The molecule has 2 rings (SSSR count). The minimum Gasteiger partial charge on any atom is -0.453 e. The summed E-state index contributed by atoms with van der Waals surface area (Å²) in [5.74, 6) is -0.725. The Labute approximate surface area is 131 Å². The Hall–Kier alpha value is -1.94. The minimum absolute atomic E-state index is 0.339. The number of halogens is 1. The van der Waals surface area contributed by atoms with Gasteiger partial charge in [0.25, 0.3) is 0 Å². The van der Waals surface area contributed by atoms with Crippen LogP contribution < -0.4 is 5.19 Å². The molecule has 0 N–H and O–H groups in total. The third-order valence-corrected chi connectivity index (χ3v) is 5.58. The van der Waals surface area contributed by atoms with Crippen LogP contribution >= 0.6 is 0 Å². The quantitative estimate of drug-likeness (QED) is 0.629. The van der Waals surface area contributed by atoms with Gasteiger partial charge in [-0.05, 0) is 23.3 Å². The first-order valence-corrected chi connectivity index (χ1v) is 10.8. The Kier molecular flexibility index (Phi) is 4.81. The van der Waals surface area contributed by atoms with E-state index in [0.717, 1.165) is 5.56 Å². The molecule has 22 heavy (non-hydrogen) atoms. The number of rotatable bonds is 4. The summed E-state index contributed by atoms with van der Waals surface area (Å²) in [4.78, 5) is 11.4. The maximum Gasteiger partial charge on any atom is 0.303 e. The van der Waals surface area contributed by atoms with Crippen LogP contribution in [0.25, 0.3) is 0 Å². The van der Waals surface area contributed by atoms with Gasteiger partial charge in [-0.25, -0.2) is 4.39 Å². The fraction of sp³-hybridized carbons (Fsp3) is 0.278. The highest BCUT2D eigenvalue weighted by molar-refractivity contribution is 6.88. The lowest BCUT2D eigenvalue weighted by Gasteiger charge is -2.21. The van der Waals surface area contributed by atoms with Crippen molar-refractivity contribution in [3.63, 3.8) is 0 Å². The van der Waals surface area contributed by atoms with Crippen molar-refractivity contribution < 1.29 is 13.9 Å². The zero-order chi connectivity index (χ0) is 16.3. The molecule has 0 aliphatic carbocycles. The van der Waals surface area contributed by atoms with Gasteiger partial charge in [-0.1, -0.05) is 61.2 Å². The summed E-state index contributed by atoms with van der Waals surface area (Å²) in [6.07, 6.45) is -0.580. The Morgan fingerprint density at radius 2 is 1.68 bits per heavy atom. The van der Waals surface area contributed by atoms with Crippen molar-refractivity contribution in [2.24, 2.45) is 0 Å². The number of benzene rings is 2. The molecule has 1 atom stereocenters. The standard InChI is InChI=1S/C18H21FO2Si/c1-13(20)21-18(15-6-5-7-16(19)12-15)14-8-10-17(11-9-14)22(2,3)4/h5-12,18H,1-4H3/t18-/m0/s1. The van der Waals surface area contributed by atoms with Gasteiger partial charge in [0.15, 0.2) is 6.10 Å². The van der Waals surface area contributed by atoms with Gasteiger partial charge in [-0.15, -0.1) is 0 Å². The van der Waals surface area contributed by atoms with E-state index in [2.05, 4.69) is 31.8 Å². The van der Waals surface area contributed by atoms with E-state index >= 15 is 0 Å². The molecule has 0 heterocycles. The Morgan fingerprint density at radius 3 is 2.18 bits per heavy atom. The molecule has 0 fully saturated rings. The molecule has 0 spiro atoms. The fourth-order valence-electron chi connectivity index (χ4n) is 2.32. The summed E-state index contributed by atoms with van der Waals surface area (Å²) >= 11 is 0. The molecule has 2 aromatic rings. The van der Waals surface area contributed by atoms with Gasteiger partial charge >= 0.3 is 5.97 Å². The van der Waals surface area contributed by atoms with E-state index in [-0.39, 0.29) is 11.8 Å². The summed E-state index contributed by atoms with van der Waals surface area (Å²) in [6, 6.07) is 14.3. The first kappa shape index (κ1) is 16.4. The van der Waals surface area contributed by atoms with Crippen molar-refractivity contribution in [1.82, 2.24) is 0 Å². The highest BCUT2D eigenvalue weighted by atomic mass is 28.3. The molecule has 2 aromatic carbocycles. The van der Waals surface area contributed by atoms with Gasteiger partial charge in [0.1, 0.15) is 5.82 Å². The molecular weight excluding hydrogens is 295 g/mol. The average Bonchev–Trinajstić information content (AvgIpc) is 2.44. The van der Waals surface area contributed by atoms with Gasteiger partial charge in [0.05, 0.1) is 8.07 Å². The molecule has 0 aromatic heterocycles. The highest BCUT2D eigenvalue weighted by Gasteiger charge is 2.20. The lowest BCUT2D eigenvalue weighted by Crippen LogP contribution is -2.37. The van der Waals surface area contributed by atoms with Crippen LogP contribution in [0.4, 0.5) is 4.39 Å². The maximum absolute atomic E-state index is 13.5. The molecule has 0 radical (unpaired) electrons. The smallest absolute Gasteiger partial charge is 0.303 e. The molecule has 0 bridgehead atoms. The van der Waals surface area contributed by atoms with Gasteiger partial charge in [-0.2, -0.15) is 0 Å². The Balaban J connectivity index is 2.39. The van der Waals surface area contributed by atoms with E-state index in [1.807, 2.05) is 12.1 Å². The molecular formula is C18H21FO2Si. The Morgan fingerprint density at radius 1 is 1.05 bits per heavy atom. The predicted octanol–water partition coefficient (Wildman–Crippen LogP) is 4.02. The van der Waals surface area contributed by atoms with Crippen LogP contribution in [-0.2, 0) is 9.53 Å². The van der Waals surface area contributed by atoms with E-state index in [9.17, 15) is 9.18 Å². The molecule has 0 unspecified atom stereocenters. The predicted molar refractivity (Wildman–Crippen MR) is 89.4 cm³/mol. The zero-order valence-corrected chi connectivity index (χ0v) is 14.4. The summed E-state index contributed by atoms with van der Waals surface area (Å²) in [5, 5.41) is 1.33. The van der Waals surface area contributed by atoms with Crippen LogP contribution in [0.5, 0.6) is 0 Å². The molecule has 0 saturated heterocycles. The van der Waals surface area contributed by atoms with Crippen LogP contribution in [0.3, 0.4) is 0 Å². The molecule has 4 heteroatoms. The number of hydrogen-bond donors (Lipinski definition) is 0. The SMILES string of the molecule is CC(=O)O[C@@H](c1ccc([Si](C)(C)C)cc1)c1cccc(F)c1. The highest BCUT2D eigenvalue weighted by Crippen LogP contribution is 2.26. The lowest BCUT2D eigenvalue weighted by molar-refractivity contribution is -0.144. The van der Waals surface area contributed by atoms with Crippen LogP contribution in [0.1, 0.15) is 24.2 Å². The first-order valence-electron chi connectivity index (χ1n) is 7.30. The third-order valence-electron chi connectivity index (χ3n) is 3.51. The number of esters is 1. The van der Waals surface area contributed by atoms with Crippen LogP contribution in [0.15, 0.2) is 48.5 Å². The number of carbonyl (C=O) groups is 1. The van der Waals surface area contributed by atoms with Crippen molar-refractivity contribution in [1.29, 1.82) is 0 Å². The number of hydrogen-bond acceptors (Lipinski definition) is 2. The second-order valence-electron chi connectivity index (χ2n) is 6.42. The monoisotopic (exact) mass is 316 g/mol. The largest absolute Gasteiger partial charge is 0.453 e. The van der Waals surface area contributed by atoms with Gasteiger partial charge in [-0.3, -0.25) is 4.79 Å². The molecule has 116 valence electrons. The minimum atomic E-state index is -1.38. The van der Waals surface area contributed by atoms with E-state index < -0.39 is 14.2 Å². The third kappa shape index (κ3) is 4.04. The van der Waals surface area contributed by atoms with E-state index in [0.29, 0.717) is 5.56 Å². The second kappa shape index (κ2) is 6.44. The van der Waals surface area contributed by atoms with E-state index in [1.54, 1.807) is 12.1 Å². The Bertz CT molecular complexity index is 660. The van der Waals surface area contributed by atoms with Crippen molar-refractivity contribution in [2.45, 2.75) is 32.7 Å². The second-order valence-corrected chi connectivity index (χ2v) is 11.5. The maximum atomic E-state index is 13.5. The van der Waals surface area contributed by atoms with E-state index in [1.165, 1.54) is 24.2 Å². The van der Waals surface area contributed by atoms with Crippen LogP contribution in [0.2, 0.25) is 19.6 Å². The number of carbonyl (C=O) groups excluding carboxylic acids is 1.